The van der Waals surface area contributed by atoms with Crippen LogP contribution in [-0.2, 0) is 0 Å². The van der Waals surface area contributed by atoms with Crippen molar-refractivity contribution in [3.8, 4) is 5.75 Å². The van der Waals surface area contributed by atoms with Crippen LogP contribution in [0.1, 0.15) is 18.1 Å². The van der Waals surface area contributed by atoms with Crippen LogP contribution in [0.4, 0.5) is 0 Å². The van der Waals surface area contributed by atoms with Crippen LogP contribution in [-0.4, -0.2) is 13.1 Å². The summed E-state index contributed by atoms with van der Waals surface area (Å²) in [6.45, 7) is 2.06. The Morgan fingerprint density at radius 2 is 1.95 bits per heavy atom. The lowest BCUT2D eigenvalue weighted by atomic mass is 9.95. The van der Waals surface area contributed by atoms with Gasteiger partial charge in [-0.05, 0) is 36.7 Å². The van der Waals surface area contributed by atoms with Gasteiger partial charge >= 0.3 is 0 Å². The lowest BCUT2D eigenvalue weighted by Gasteiger charge is -2.25. The van der Waals surface area contributed by atoms with Gasteiger partial charge in [-0.25, -0.2) is 0 Å². The first-order valence-electron chi connectivity index (χ1n) is 7.01. The van der Waals surface area contributed by atoms with Crippen molar-refractivity contribution in [2.45, 2.75) is 12.5 Å². The minimum absolute atomic E-state index is 0.0738. The Bertz CT molecular complexity index is 552. The van der Waals surface area contributed by atoms with Gasteiger partial charge in [-0.1, -0.05) is 48.0 Å². The van der Waals surface area contributed by atoms with Gasteiger partial charge in [-0.3, -0.25) is 0 Å². The molecule has 1 saturated heterocycles. The molecule has 1 fully saturated rings. The summed E-state index contributed by atoms with van der Waals surface area (Å²) >= 11 is 6.04. The first kappa shape index (κ1) is 13.5. The Labute approximate surface area is 124 Å². The molecule has 2 atom stereocenters. The molecule has 0 aliphatic carbocycles. The van der Waals surface area contributed by atoms with E-state index in [0.29, 0.717) is 10.9 Å². The third-order valence-corrected chi connectivity index (χ3v) is 3.95. The minimum Gasteiger partial charge on any atom is -0.485 e. The van der Waals surface area contributed by atoms with E-state index in [2.05, 4.69) is 29.6 Å². The molecule has 2 nitrogen and oxygen atoms in total. The highest BCUT2D eigenvalue weighted by atomic mass is 35.5. The third-order valence-electron chi connectivity index (χ3n) is 3.71. The first-order valence-corrected chi connectivity index (χ1v) is 7.38. The molecule has 0 saturated carbocycles. The second-order valence-electron chi connectivity index (χ2n) is 5.16. The Hall–Kier alpha value is -1.51. The van der Waals surface area contributed by atoms with Gasteiger partial charge in [-0.2, -0.15) is 0 Å². The van der Waals surface area contributed by atoms with Crippen molar-refractivity contribution in [3.63, 3.8) is 0 Å². The second kappa shape index (κ2) is 6.29. The van der Waals surface area contributed by atoms with E-state index < -0.39 is 0 Å². The van der Waals surface area contributed by atoms with E-state index in [0.717, 1.165) is 25.3 Å². The number of rotatable bonds is 4. The molecule has 1 N–H and O–H groups in total. The van der Waals surface area contributed by atoms with E-state index in [4.69, 9.17) is 16.3 Å². The van der Waals surface area contributed by atoms with E-state index >= 15 is 0 Å². The van der Waals surface area contributed by atoms with Crippen LogP contribution in [0.3, 0.4) is 0 Å². The maximum absolute atomic E-state index is 6.24. The summed E-state index contributed by atoms with van der Waals surface area (Å²) in [7, 11) is 0. The maximum atomic E-state index is 6.24. The largest absolute Gasteiger partial charge is 0.485 e. The predicted molar refractivity (Wildman–Crippen MR) is 82.2 cm³/mol. The molecule has 0 radical (unpaired) electrons. The lowest BCUT2D eigenvalue weighted by Crippen LogP contribution is -2.21. The molecular weight excluding hydrogens is 270 g/mol. The average molecular weight is 288 g/mol. The molecule has 20 heavy (non-hydrogen) atoms. The van der Waals surface area contributed by atoms with Gasteiger partial charge in [0.2, 0.25) is 0 Å². The summed E-state index contributed by atoms with van der Waals surface area (Å²) in [4.78, 5) is 0. The highest BCUT2D eigenvalue weighted by Gasteiger charge is 2.27. The summed E-state index contributed by atoms with van der Waals surface area (Å²) < 4.78 is 6.24. The number of hydrogen-bond donors (Lipinski definition) is 1. The summed E-state index contributed by atoms with van der Waals surface area (Å²) in [5, 5.41) is 4.12. The molecule has 2 aromatic rings. The van der Waals surface area contributed by atoms with E-state index in [-0.39, 0.29) is 6.10 Å². The predicted octanol–water partition coefficient (Wildman–Crippen LogP) is 4.07. The topological polar surface area (TPSA) is 21.3 Å². The van der Waals surface area contributed by atoms with Gasteiger partial charge in [0.1, 0.15) is 11.9 Å². The fourth-order valence-corrected chi connectivity index (χ4v) is 2.88. The Balaban J connectivity index is 1.85. The quantitative estimate of drug-likeness (QED) is 0.915. The fraction of sp³-hybridized carbons (Fsp3) is 0.294. The Kier molecular flexibility index (Phi) is 4.24. The Morgan fingerprint density at radius 1 is 1.10 bits per heavy atom. The smallest absolute Gasteiger partial charge is 0.128 e. The van der Waals surface area contributed by atoms with Crippen molar-refractivity contribution in [2.75, 3.05) is 13.1 Å². The van der Waals surface area contributed by atoms with Crippen LogP contribution in [0.25, 0.3) is 0 Å². The van der Waals surface area contributed by atoms with Crippen LogP contribution in [0, 0.1) is 5.92 Å². The maximum Gasteiger partial charge on any atom is 0.128 e. The molecule has 3 heteroatoms. The summed E-state index contributed by atoms with van der Waals surface area (Å²) in [6.07, 6.45) is 1.21. The van der Waals surface area contributed by atoms with Crippen LogP contribution in [0.2, 0.25) is 5.02 Å². The van der Waals surface area contributed by atoms with Gasteiger partial charge in [0, 0.05) is 17.5 Å². The van der Waals surface area contributed by atoms with Crippen LogP contribution < -0.4 is 10.1 Å². The number of nitrogens with one attached hydrogen (secondary N) is 1. The van der Waals surface area contributed by atoms with Gasteiger partial charge < -0.3 is 10.1 Å². The zero-order chi connectivity index (χ0) is 13.8. The Morgan fingerprint density at radius 3 is 2.65 bits per heavy atom. The van der Waals surface area contributed by atoms with Crippen molar-refractivity contribution >= 4 is 11.6 Å². The molecule has 0 amide bonds. The lowest BCUT2D eigenvalue weighted by molar-refractivity contribution is 0.144. The first-order chi connectivity index (χ1) is 9.83. The zero-order valence-electron chi connectivity index (χ0n) is 11.3. The van der Waals surface area contributed by atoms with E-state index in [1.54, 1.807) is 0 Å². The van der Waals surface area contributed by atoms with E-state index in [1.807, 2.05) is 30.3 Å². The fourth-order valence-electron chi connectivity index (χ4n) is 2.70. The zero-order valence-corrected chi connectivity index (χ0v) is 12.0. The average Bonchev–Trinajstić information content (AvgIpc) is 3.00. The van der Waals surface area contributed by atoms with Crippen LogP contribution >= 0.6 is 11.6 Å². The van der Waals surface area contributed by atoms with Crippen molar-refractivity contribution in [3.05, 3.63) is 65.2 Å². The molecule has 0 aromatic heterocycles. The molecule has 1 aliphatic heterocycles. The highest BCUT2D eigenvalue weighted by Crippen LogP contribution is 2.32. The molecule has 2 aromatic carbocycles. The molecule has 104 valence electrons. The van der Waals surface area contributed by atoms with Crippen LogP contribution in [0.5, 0.6) is 5.75 Å². The minimum atomic E-state index is 0.0738. The number of benzene rings is 2. The van der Waals surface area contributed by atoms with Gasteiger partial charge in [0.25, 0.3) is 0 Å². The van der Waals surface area contributed by atoms with E-state index in [9.17, 15) is 0 Å². The normalized spacial score (nSPS) is 19.8. The second-order valence-corrected chi connectivity index (χ2v) is 5.60. The van der Waals surface area contributed by atoms with Crippen LogP contribution in [0.15, 0.2) is 54.6 Å². The number of halogens is 1. The van der Waals surface area contributed by atoms with E-state index in [1.165, 1.54) is 5.56 Å². The number of ether oxygens (including phenoxy) is 1. The molecular formula is C17H18ClNO. The van der Waals surface area contributed by atoms with Crippen molar-refractivity contribution < 1.29 is 4.74 Å². The summed E-state index contributed by atoms with van der Waals surface area (Å²) in [5.74, 6) is 1.33. The van der Waals surface area contributed by atoms with Crippen molar-refractivity contribution in [1.82, 2.24) is 5.32 Å². The molecule has 1 heterocycles. The molecule has 0 unspecified atom stereocenters. The van der Waals surface area contributed by atoms with Crippen molar-refractivity contribution in [1.29, 1.82) is 0 Å². The number of hydrogen-bond acceptors (Lipinski definition) is 2. The summed E-state index contributed by atoms with van der Waals surface area (Å²) in [5.41, 5.74) is 1.22. The third kappa shape index (κ3) is 3.14. The SMILES string of the molecule is Clc1cccc(O[C@@H](c2ccccc2)[C@H]2CCNC2)c1. The van der Waals surface area contributed by atoms with Gasteiger partial charge in [0.05, 0.1) is 0 Å². The molecule has 0 spiro atoms. The standard InChI is InChI=1S/C17H18ClNO/c18-15-7-4-8-16(11-15)20-17(14-9-10-19-12-14)13-5-2-1-3-6-13/h1-8,11,14,17,19H,9-10,12H2/t14-,17-/m0/s1. The molecule has 0 bridgehead atoms. The highest BCUT2D eigenvalue weighted by molar-refractivity contribution is 6.30. The molecule has 3 rings (SSSR count). The summed E-state index contributed by atoms with van der Waals surface area (Å²) in [6, 6.07) is 18.0. The molecule has 1 aliphatic rings. The van der Waals surface area contributed by atoms with Gasteiger partial charge in [-0.15, -0.1) is 0 Å². The monoisotopic (exact) mass is 287 g/mol. The van der Waals surface area contributed by atoms with Crippen molar-refractivity contribution in [2.24, 2.45) is 5.92 Å². The van der Waals surface area contributed by atoms with Gasteiger partial charge in [0.15, 0.2) is 0 Å².